The maximum Gasteiger partial charge on any atom is 0.235 e. The molecule has 0 radical (unpaired) electrons. The zero-order valence-electron chi connectivity index (χ0n) is 24.3. The molecule has 0 saturated heterocycles. The number of rotatable bonds is 2. The summed E-state index contributed by atoms with van der Waals surface area (Å²) in [6, 6.07) is 54.0. The predicted octanol–water partition coefficient (Wildman–Crippen LogP) is 11.0. The van der Waals surface area contributed by atoms with E-state index in [1.54, 1.807) is 0 Å². The van der Waals surface area contributed by atoms with Gasteiger partial charge in [-0.25, -0.2) is 9.97 Å². The molecule has 10 rings (SSSR count). The maximum absolute atomic E-state index is 5.36. The highest BCUT2D eigenvalue weighted by Gasteiger charge is 2.23. The molecule has 0 aliphatic carbocycles. The first-order valence-corrected chi connectivity index (χ1v) is 15.4. The quantitative estimate of drug-likeness (QED) is 0.193. The molecule has 208 valence electrons. The van der Waals surface area contributed by atoms with Crippen molar-refractivity contribution in [2.24, 2.45) is 0 Å². The van der Waals surface area contributed by atoms with Crippen LogP contribution in [0.1, 0.15) is 0 Å². The minimum Gasteiger partial charge on any atom is -0.277 e. The highest BCUT2D eigenvalue weighted by molar-refractivity contribution is 6.42. The Morgan fingerprint density at radius 2 is 0.867 bits per heavy atom. The summed E-state index contributed by atoms with van der Waals surface area (Å²) in [5, 5.41) is 13.5. The van der Waals surface area contributed by atoms with E-state index in [9.17, 15) is 0 Å². The molecule has 0 atom stereocenters. The number of nitrogens with zero attached hydrogens (tertiary/aromatic N) is 3. The van der Waals surface area contributed by atoms with Gasteiger partial charge in [-0.1, -0.05) is 140 Å². The zero-order valence-corrected chi connectivity index (χ0v) is 24.3. The molecule has 0 amide bonds. The third-order valence-electron chi connectivity index (χ3n) is 9.35. The van der Waals surface area contributed by atoms with Gasteiger partial charge in [0, 0.05) is 32.5 Å². The third-order valence-corrected chi connectivity index (χ3v) is 9.35. The van der Waals surface area contributed by atoms with E-state index in [0.29, 0.717) is 5.95 Å². The lowest BCUT2D eigenvalue weighted by molar-refractivity contribution is 1.02. The average Bonchev–Trinajstić information content (AvgIpc) is 3.47. The molecule has 45 heavy (non-hydrogen) atoms. The first kappa shape index (κ1) is 24.4. The van der Waals surface area contributed by atoms with E-state index in [2.05, 4.69) is 150 Å². The molecule has 10 aromatic rings. The van der Waals surface area contributed by atoms with Crippen LogP contribution in [0.2, 0.25) is 0 Å². The summed E-state index contributed by atoms with van der Waals surface area (Å²) in [6.07, 6.45) is 0. The summed E-state index contributed by atoms with van der Waals surface area (Å²) >= 11 is 0. The SMILES string of the molecule is c1ccc(-c2nc(-n3c4ccccc4c4c5c6ccccc6c6ccccc6c5c5ccccc5c43)nc3ccccc23)cc1. The van der Waals surface area contributed by atoms with Crippen molar-refractivity contribution in [2.45, 2.75) is 0 Å². The Morgan fingerprint density at radius 3 is 1.58 bits per heavy atom. The van der Waals surface area contributed by atoms with Crippen molar-refractivity contribution in [1.29, 1.82) is 0 Å². The summed E-state index contributed by atoms with van der Waals surface area (Å²) in [7, 11) is 0. The van der Waals surface area contributed by atoms with Gasteiger partial charge in [-0.15, -0.1) is 0 Å². The highest BCUT2D eigenvalue weighted by Crippen LogP contribution is 2.47. The number of aromatic nitrogens is 3. The van der Waals surface area contributed by atoms with Gasteiger partial charge in [-0.05, 0) is 44.5 Å². The Morgan fingerprint density at radius 1 is 0.356 bits per heavy atom. The van der Waals surface area contributed by atoms with Gasteiger partial charge in [0.25, 0.3) is 0 Å². The number of benzene rings is 8. The molecular formula is C42H25N3. The second kappa shape index (κ2) is 9.22. The number of hydrogen-bond acceptors (Lipinski definition) is 2. The topological polar surface area (TPSA) is 30.7 Å². The largest absolute Gasteiger partial charge is 0.277 e. The van der Waals surface area contributed by atoms with Crippen LogP contribution in [0.25, 0.3) is 93.0 Å². The fourth-order valence-corrected chi connectivity index (χ4v) is 7.52. The molecule has 3 heteroatoms. The van der Waals surface area contributed by atoms with Crippen molar-refractivity contribution in [1.82, 2.24) is 14.5 Å². The van der Waals surface area contributed by atoms with Crippen LogP contribution in [0.4, 0.5) is 0 Å². The van der Waals surface area contributed by atoms with Crippen LogP contribution >= 0.6 is 0 Å². The smallest absolute Gasteiger partial charge is 0.235 e. The van der Waals surface area contributed by atoms with Crippen LogP contribution < -0.4 is 0 Å². The molecule has 3 nitrogen and oxygen atoms in total. The Balaban J connectivity index is 1.49. The molecule has 0 unspecified atom stereocenters. The third kappa shape index (κ3) is 3.35. The van der Waals surface area contributed by atoms with Crippen molar-refractivity contribution >= 4 is 75.8 Å². The normalized spacial score (nSPS) is 12.0. The molecule has 0 spiro atoms. The Hall–Kier alpha value is -6.06. The molecule has 0 aliphatic heterocycles. The van der Waals surface area contributed by atoms with E-state index in [0.717, 1.165) is 33.2 Å². The van der Waals surface area contributed by atoms with Crippen LogP contribution in [-0.4, -0.2) is 14.5 Å². The summed E-state index contributed by atoms with van der Waals surface area (Å²) in [4.78, 5) is 10.6. The molecule has 2 heterocycles. The lowest BCUT2D eigenvalue weighted by Gasteiger charge is -2.16. The summed E-state index contributed by atoms with van der Waals surface area (Å²) < 4.78 is 2.30. The van der Waals surface area contributed by atoms with E-state index in [1.807, 2.05) is 6.07 Å². The van der Waals surface area contributed by atoms with Crippen molar-refractivity contribution in [2.75, 3.05) is 0 Å². The van der Waals surface area contributed by atoms with Crippen molar-refractivity contribution < 1.29 is 0 Å². The van der Waals surface area contributed by atoms with E-state index >= 15 is 0 Å². The van der Waals surface area contributed by atoms with Gasteiger partial charge in [0.15, 0.2) is 0 Å². The maximum atomic E-state index is 5.36. The Bertz CT molecular complexity index is 2810. The standard InChI is InChI=1S/C42H25N3/c1-2-14-26(15-3-1)40-33-22-10-12-24-35(33)43-42(44-40)45-36-25-13-11-23-34(36)39-38-30-19-7-5-17-28(30)27-16-4-6-18-29(27)37(38)31-20-8-9-21-32(31)41(39)45/h1-25H. The minimum atomic E-state index is 0.674. The molecule has 8 aromatic carbocycles. The van der Waals surface area contributed by atoms with E-state index in [4.69, 9.17) is 9.97 Å². The van der Waals surface area contributed by atoms with Crippen molar-refractivity contribution in [3.05, 3.63) is 152 Å². The van der Waals surface area contributed by atoms with Gasteiger partial charge in [-0.2, -0.15) is 0 Å². The summed E-state index contributed by atoms with van der Waals surface area (Å²) in [5.74, 6) is 0.674. The minimum absolute atomic E-state index is 0.674. The van der Waals surface area contributed by atoms with Gasteiger partial charge < -0.3 is 0 Å². The van der Waals surface area contributed by atoms with Crippen LogP contribution in [-0.2, 0) is 0 Å². The lowest BCUT2D eigenvalue weighted by Crippen LogP contribution is -2.04. The first-order chi connectivity index (χ1) is 22.4. The Kier molecular flexibility index (Phi) is 5.00. The first-order valence-electron chi connectivity index (χ1n) is 15.4. The van der Waals surface area contributed by atoms with Crippen molar-refractivity contribution in [3.8, 4) is 17.2 Å². The van der Waals surface area contributed by atoms with Crippen LogP contribution in [0.15, 0.2) is 152 Å². The van der Waals surface area contributed by atoms with Crippen molar-refractivity contribution in [3.63, 3.8) is 0 Å². The van der Waals surface area contributed by atoms with E-state index in [-0.39, 0.29) is 0 Å². The number of hydrogen-bond donors (Lipinski definition) is 0. The average molecular weight is 572 g/mol. The van der Waals surface area contributed by atoms with E-state index in [1.165, 1.54) is 53.9 Å². The number of fused-ring (bicyclic) bond motifs is 14. The summed E-state index contributed by atoms with van der Waals surface area (Å²) in [5.41, 5.74) is 5.16. The molecule has 2 aromatic heterocycles. The van der Waals surface area contributed by atoms with Gasteiger partial charge in [0.05, 0.1) is 22.2 Å². The summed E-state index contributed by atoms with van der Waals surface area (Å²) in [6.45, 7) is 0. The van der Waals surface area contributed by atoms with Gasteiger partial charge >= 0.3 is 0 Å². The Labute approximate surface area is 258 Å². The van der Waals surface area contributed by atoms with Gasteiger partial charge in [-0.3, -0.25) is 4.57 Å². The number of para-hydroxylation sites is 2. The fraction of sp³-hybridized carbons (Fsp3) is 0. The predicted molar refractivity (Wildman–Crippen MR) is 189 cm³/mol. The van der Waals surface area contributed by atoms with Crippen LogP contribution in [0, 0.1) is 0 Å². The lowest BCUT2D eigenvalue weighted by atomic mass is 9.88. The van der Waals surface area contributed by atoms with Gasteiger partial charge in [0.1, 0.15) is 0 Å². The van der Waals surface area contributed by atoms with E-state index < -0.39 is 0 Å². The second-order valence-electron chi connectivity index (χ2n) is 11.7. The van der Waals surface area contributed by atoms with Crippen LogP contribution in [0.3, 0.4) is 0 Å². The highest BCUT2D eigenvalue weighted by atomic mass is 15.2. The molecule has 0 fully saturated rings. The monoisotopic (exact) mass is 571 g/mol. The molecular weight excluding hydrogens is 546 g/mol. The van der Waals surface area contributed by atoms with Gasteiger partial charge in [0.2, 0.25) is 5.95 Å². The molecule has 0 saturated carbocycles. The second-order valence-corrected chi connectivity index (χ2v) is 11.7. The molecule has 0 bridgehead atoms. The van der Waals surface area contributed by atoms with Crippen LogP contribution in [0.5, 0.6) is 0 Å². The zero-order chi connectivity index (χ0) is 29.5. The molecule has 0 N–H and O–H groups in total. The fourth-order valence-electron chi connectivity index (χ4n) is 7.52. The molecule has 0 aliphatic rings.